The molecule has 2 amide bonds. The van der Waals surface area contributed by atoms with E-state index in [2.05, 4.69) is 5.32 Å². The molecule has 2 N–H and O–H groups in total. The largest absolute Gasteiger partial charge is 0.478 e. The van der Waals surface area contributed by atoms with Gasteiger partial charge in [-0.25, -0.2) is 4.79 Å². The molecule has 1 saturated heterocycles. The Labute approximate surface area is 145 Å². The number of carbonyl (C=O) groups is 3. The Morgan fingerprint density at radius 3 is 2.52 bits per heavy atom. The number of hydrogen-bond donors (Lipinski definition) is 2. The first kappa shape index (κ1) is 16.7. The van der Waals surface area contributed by atoms with Crippen LogP contribution in [0.5, 0.6) is 0 Å². The van der Waals surface area contributed by atoms with Gasteiger partial charge in [-0.15, -0.1) is 0 Å². The van der Waals surface area contributed by atoms with Crippen molar-refractivity contribution in [3.63, 3.8) is 0 Å². The summed E-state index contributed by atoms with van der Waals surface area (Å²) in [6.45, 7) is 2.29. The van der Waals surface area contributed by atoms with E-state index in [0.29, 0.717) is 12.2 Å². The summed E-state index contributed by atoms with van der Waals surface area (Å²) in [6.07, 6.45) is 0.160. The van der Waals surface area contributed by atoms with Gasteiger partial charge in [0.1, 0.15) is 0 Å². The second-order valence-corrected chi connectivity index (χ2v) is 6.12. The van der Waals surface area contributed by atoms with Crippen molar-refractivity contribution in [1.29, 1.82) is 0 Å². The predicted molar refractivity (Wildman–Crippen MR) is 93.7 cm³/mol. The van der Waals surface area contributed by atoms with Gasteiger partial charge in [0.2, 0.25) is 11.8 Å². The van der Waals surface area contributed by atoms with Crippen molar-refractivity contribution in [2.75, 3.05) is 16.8 Å². The van der Waals surface area contributed by atoms with E-state index in [4.69, 9.17) is 5.11 Å². The zero-order valence-electron chi connectivity index (χ0n) is 13.7. The van der Waals surface area contributed by atoms with Gasteiger partial charge in [-0.1, -0.05) is 12.1 Å². The Hall–Kier alpha value is -3.15. The number of carboxylic acids is 1. The number of nitrogens with zero attached hydrogens (tertiary/aromatic N) is 1. The fourth-order valence-corrected chi connectivity index (χ4v) is 2.87. The number of carboxylic acid groups (broad SMARTS) is 1. The minimum Gasteiger partial charge on any atom is -0.478 e. The molecule has 2 aromatic carbocycles. The number of anilines is 2. The van der Waals surface area contributed by atoms with Gasteiger partial charge in [0, 0.05) is 24.3 Å². The zero-order chi connectivity index (χ0) is 18.0. The molecule has 6 nitrogen and oxygen atoms in total. The van der Waals surface area contributed by atoms with Crippen LogP contribution < -0.4 is 10.2 Å². The lowest BCUT2D eigenvalue weighted by Gasteiger charge is -2.17. The molecule has 25 heavy (non-hydrogen) atoms. The molecule has 1 heterocycles. The van der Waals surface area contributed by atoms with Crippen LogP contribution in [-0.4, -0.2) is 29.4 Å². The van der Waals surface area contributed by atoms with E-state index in [-0.39, 0.29) is 23.8 Å². The van der Waals surface area contributed by atoms with Crippen molar-refractivity contribution < 1.29 is 19.5 Å². The molecule has 0 spiro atoms. The van der Waals surface area contributed by atoms with E-state index in [1.807, 2.05) is 31.2 Å². The van der Waals surface area contributed by atoms with Crippen molar-refractivity contribution >= 4 is 29.2 Å². The average molecular weight is 338 g/mol. The minimum absolute atomic E-state index is 0.0769. The van der Waals surface area contributed by atoms with Gasteiger partial charge < -0.3 is 15.3 Å². The Kier molecular flexibility index (Phi) is 4.52. The van der Waals surface area contributed by atoms with Crippen LogP contribution in [0.1, 0.15) is 22.3 Å². The van der Waals surface area contributed by atoms with Gasteiger partial charge in [-0.3, -0.25) is 9.59 Å². The van der Waals surface area contributed by atoms with Crippen LogP contribution in [0.15, 0.2) is 48.5 Å². The highest BCUT2D eigenvalue weighted by Crippen LogP contribution is 2.26. The van der Waals surface area contributed by atoms with E-state index in [1.54, 1.807) is 4.90 Å². The Morgan fingerprint density at radius 2 is 1.88 bits per heavy atom. The van der Waals surface area contributed by atoms with E-state index >= 15 is 0 Å². The fraction of sp³-hybridized carbons (Fsp3) is 0.211. The van der Waals surface area contributed by atoms with Crippen LogP contribution in [0.2, 0.25) is 0 Å². The smallest absolute Gasteiger partial charge is 0.335 e. The number of benzene rings is 2. The maximum Gasteiger partial charge on any atom is 0.335 e. The number of aryl methyl sites for hydroxylation is 1. The molecule has 0 saturated carbocycles. The monoisotopic (exact) mass is 338 g/mol. The maximum absolute atomic E-state index is 12.4. The molecule has 128 valence electrons. The molecule has 1 aliphatic rings. The summed E-state index contributed by atoms with van der Waals surface area (Å²) in [4.78, 5) is 37.1. The third-order valence-electron chi connectivity index (χ3n) is 4.21. The Balaban J connectivity index is 1.67. The molecule has 1 fully saturated rings. The number of amides is 2. The highest BCUT2D eigenvalue weighted by molar-refractivity contribution is 6.03. The molecule has 1 aliphatic heterocycles. The van der Waals surface area contributed by atoms with Crippen LogP contribution in [0, 0.1) is 12.8 Å². The molecule has 0 aliphatic carbocycles. The predicted octanol–water partition coefficient (Wildman–Crippen LogP) is 2.68. The van der Waals surface area contributed by atoms with E-state index in [9.17, 15) is 14.4 Å². The third-order valence-corrected chi connectivity index (χ3v) is 4.21. The lowest BCUT2D eigenvalue weighted by molar-refractivity contribution is -0.122. The van der Waals surface area contributed by atoms with E-state index in [1.165, 1.54) is 24.3 Å². The van der Waals surface area contributed by atoms with Crippen molar-refractivity contribution in [1.82, 2.24) is 0 Å². The molecule has 1 atom stereocenters. The molecular formula is C19H18N2O4. The van der Waals surface area contributed by atoms with Gasteiger partial charge in [0.25, 0.3) is 0 Å². The van der Waals surface area contributed by atoms with Crippen molar-refractivity contribution in [2.24, 2.45) is 5.92 Å². The number of rotatable bonds is 4. The van der Waals surface area contributed by atoms with Crippen LogP contribution in [-0.2, 0) is 9.59 Å². The summed E-state index contributed by atoms with van der Waals surface area (Å²) in [5.74, 6) is -1.78. The third kappa shape index (κ3) is 3.68. The maximum atomic E-state index is 12.4. The van der Waals surface area contributed by atoms with E-state index in [0.717, 1.165) is 11.3 Å². The molecule has 0 unspecified atom stereocenters. The van der Waals surface area contributed by atoms with Crippen LogP contribution in [0.25, 0.3) is 0 Å². The van der Waals surface area contributed by atoms with Crippen LogP contribution >= 0.6 is 0 Å². The van der Waals surface area contributed by atoms with Gasteiger partial charge in [-0.05, 0) is 48.9 Å². The van der Waals surface area contributed by atoms with Gasteiger partial charge in [0.05, 0.1) is 11.5 Å². The molecular weight excluding hydrogens is 320 g/mol. The van der Waals surface area contributed by atoms with E-state index < -0.39 is 11.9 Å². The first-order valence-electron chi connectivity index (χ1n) is 7.95. The first-order chi connectivity index (χ1) is 11.9. The highest BCUT2D eigenvalue weighted by atomic mass is 16.4. The fourth-order valence-electron chi connectivity index (χ4n) is 2.87. The van der Waals surface area contributed by atoms with Crippen molar-refractivity contribution in [2.45, 2.75) is 13.3 Å². The zero-order valence-corrected chi connectivity index (χ0v) is 13.7. The minimum atomic E-state index is -1.02. The number of aromatic carboxylic acids is 1. The Bertz CT molecular complexity index is 830. The molecule has 0 radical (unpaired) electrons. The van der Waals surface area contributed by atoms with Crippen LogP contribution in [0.4, 0.5) is 11.4 Å². The average Bonchev–Trinajstić information content (AvgIpc) is 2.97. The molecule has 3 rings (SSSR count). The SMILES string of the molecule is Cc1cccc(N2C[C@H](C(=O)Nc3ccc(C(=O)O)cc3)CC2=O)c1. The topological polar surface area (TPSA) is 86.7 Å². The standard InChI is InChI=1S/C19H18N2O4/c1-12-3-2-4-16(9-12)21-11-14(10-17(21)22)18(23)20-15-7-5-13(6-8-15)19(24)25/h2-9,14H,10-11H2,1H3,(H,20,23)(H,24,25)/t14-/m1/s1. The summed E-state index contributed by atoms with van der Waals surface area (Å²) in [5.41, 5.74) is 2.51. The van der Waals surface area contributed by atoms with Crippen molar-refractivity contribution in [3.8, 4) is 0 Å². The summed E-state index contributed by atoms with van der Waals surface area (Å²) in [6, 6.07) is 13.5. The van der Waals surface area contributed by atoms with Gasteiger partial charge >= 0.3 is 5.97 Å². The van der Waals surface area contributed by atoms with Gasteiger partial charge in [0.15, 0.2) is 0 Å². The molecule has 0 aromatic heterocycles. The Morgan fingerprint density at radius 1 is 1.16 bits per heavy atom. The van der Waals surface area contributed by atoms with Gasteiger partial charge in [-0.2, -0.15) is 0 Å². The normalized spacial score (nSPS) is 16.8. The second kappa shape index (κ2) is 6.76. The molecule has 6 heteroatoms. The summed E-state index contributed by atoms with van der Waals surface area (Å²) < 4.78 is 0. The summed E-state index contributed by atoms with van der Waals surface area (Å²) >= 11 is 0. The summed E-state index contributed by atoms with van der Waals surface area (Å²) in [5, 5.41) is 11.6. The quantitative estimate of drug-likeness (QED) is 0.897. The van der Waals surface area contributed by atoms with Crippen LogP contribution in [0.3, 0.4) is 0 Å². The lowest BCUT2D eigenvalue weighted by atomic mass is 10.1. The number of carbonyl (C=O) groups excluding carboxylic acids is 2. The first-order valence-corrected chi connectivity index (χ1v) is 7.95. The molecule has 0 bridgehead atoms. The number of hydrogen-bond acceptors (Lipinski definition) is 3. The summed E-state index contributed by atoms with van der Waals surface area (Å²) in [7, 11) is 0. The highest BCUT2D eigenvalue weighted by Gasteiger charge is 2.35. The second-order valence-electron chi connectivity index (χ2n) is 6.12. The lowest BCUT2D eigenvalue weighted by Crippen LogP contribution is -2.28. The number of nitrogens with one attached hydrogen (secondary N) is 1. The van der Waals surface area contributed by atoms with Crippen molar-refractivity contribution in [3.05, 3.63) is 59.7 Å². The molecule has 2 aromatic rings.